The molecule has 0 saturated carbocycles. The fourth-order valence-corrected chi connectivity index (χ4v) is 3.86. The van der Waals surface area contributed by atoms with Crippen molar-refractivity contribution in [3.05, 3.63) is 55.3 Å². The standard InChI is InChI=1S/C19H20N4O2S2/c1-4-23(5-2)15-9-7-14(8-10-15)21-22-19-20-17-12-11-16(13-18(17)26-19)27-25-24-6-3/h6-13H,3-5H2,1-2H3. The Hall–Kier alpha value is -2.42. The minimum Gasteiger partial charge on any atom is -0.372 e. The van der Waals surface area contributed by atoms with Crippen LogP contribution in [0.3, 0.4) is 0 Å². The fourth-order valence-electron chi connectivity index (χ4n) is 2.49. The van der Waals surface area contributed by atoms with Crippen LogP contribution >= 0.6 is 23.4 Å². The second kappa shape index (κ2) is 9.50. The van der Waals surface area contributed by atoms with Crippen LogP contribution in [0.4, 0.5) is 16.5 Å². The molecule has 0 fully saturated rings. The Balaban J connectivity index is 1.71. The SMILES string of the molecule is C=COOSc1ccc2nc(N=Nc3ccc(N(CC)CC)cc3)sc2c1. The third-order valence-corrected chi connectivity index (χ3v) is 5.31. The van der Waals surface area contributed by atoms with E-state index in [1.54, 1.807) is 0 Å². The molecular weight excluding hydrogens is 380 g/mol. The molecule has 2 aromatic carbocycles. The summed E-state index contributed by atoms with van der Waals surface area (Å²) >= 11 is 2.59. The van der Waals surface area contributed by atoms with Gasteiger partial charge in [-0.25, -0.2) is 4.98 Å². The second-order valence-corrected chi connectivity index (χ2v) is 7.21. The molecule has 0 radical (unpaired) electrons. The van der Waals surface area contributed by atoms with Gasteiger partial charge in [0.25, 0.3) is 0 Å². The van der Waals surface area contributed by atoms with E-state index < -0.39 is 0 Å². The lowest BCUT2D eigenvalue weighted by molar-refractivity contribution is -0.129. The molecule has 0 spiro atoms. The Morgan fingerprint density at radius 1 is 1.15 bits per heavy atom. The van der Waals surface area contributed by atoms with Gasteiger partial charge in [0.05, 0.1) is 27.9 Å². The van der Waals surface area contributed by atoms with Crippen LogP contribution in [0.1, 0.15) is 13.8 Å². The van der Waals surface area contributed by atoms with Gasteiger partial charge in [0.15, 0.2) is 0 Å². The molecule has 1 heterocycles. The third-order valence-electron chi connectivity index (χ3n) is 3.82. The van der Waals surface area contributed by atoms with Crippen LogP contribution in [-0.2, 0) is 9.22 Å². The number of azo groups is 1. The van der Waals surface area contributed by atoms with E-state index in [9.17, 15) is 0 Å². The summed E-state index contributed by atoms with van der Waals surface area (Å²) in [6, 6.07) is 13.9. The summed E-state index contributed by atoms with van der Waals surface area (Å²) in [4.78, 5) is 12.3. The molecule has 0 aliphatic rings. The number of anilines is 1. The van der Waals surface area contributed by atoms with Crippen molar-refractivity contribution in [2.24, 2.45) is 10.2 Å². The highest BCUT2D eigenvalue weighted by molar-refractivity contribution is 7.94. The zero-order valence-electron chi connectivity index (χ0n) is 15.2. The van der Waals surface area contributed by atoms with E-state index in [-0.39, 0.29) is 0 Å². The monoisotopic (exact) mass is 400 g/mol. The Kier molecular flexibility index (Phi) is 6.80. The summed E-state index contributed by atoms with van der Waals surface area (Å²) in [5.74, 6) is 0. The molecule has 0 aliphatic carbocycles. The number of benzene rings is 2. The predicted molar refractivity (Wildman–Crippen MR) is 112 cm³/mol. The van der Waals surface area contributed by atoms with Crippen molar-refractivity contribution in [1.82, 2.24) is 4.98 Å². The average molecular weight is 401 g/mol. The van der Waals surface area contributed by atoms with Crippen molar-refractivity contribution in [3.8, 4) is 0 Å². The number of rotatable bonds is 9. The highest BCUT2D eigenvalue weighted by atomic mass is 32.2. The molecule has 6 nitrogen and oxygen atoms in total. The number of aromatic nitrogens is 1. The van der Waals surface area contributed by atoms with E-state index in [0.717, 1.165) is 45.9 Å². The zero-order chi connectivity index (χ0) is 19.1. The smallest absolute Gasteiger partial charge is 0.231 e. The first kappa shape index (κ1) is 19.3. The van der Waals surface area contributed by atoms with Gasteiger partial charge in [0.1, 0.15) is 6.26 Å². The molecule has 0 amide bonds. The fraction of sp³-hybridized carbons (Fsp3) is 0.211. The molecule has 0 aliphatic heterocycles. The maximum atomic E-state index is 4.91. The van der Waals surface area contributed by atoms with Crippen LogP contribution in [0, 0.1) is 0 Å². The van der Waals surface area contributed by atoms with E-state index in [4.69, 9.17) is 4.33 Å². The first-order chi connectivity index (χ1) is 13.2. The largest absolute Gasteiger partial charge is 0.372 e. The van der Waals surface area contributed by atoms with Gasteiger partial charge in [-0.15, -0.1) is 14.6 Å². The average Bonchev–Trinajstić information content (AvgIpc) is 3.11. The molecule has 0 unspecified atom stereocenters. The first-order valence-corrected chi connectivity index (χ1v) is 10.1. The summed E-state index contributed by atoms with van der Waals surface area (Å²) in [6.07, 6.45) is 1.23. The molecule has 27 heavy (non-hydrogen) atoms. The minimum absolute atomic E-state index is 0.614. The summed E-state index contributed by atoms with van der Waals surface area (Å²) in [5, 5.41) is 9.19. The van der Waals surface area contributed by atoms with E-state index in [1.807, 2.05) is 30.3 Å². The molecule has 0 saturated heterocycles. The lowest BCUT2D eigenvalue weighted by Gasteiger charge is -2.20. The lowest BCUT2D eigenvalue weighted by atomic mass is 10.2. The molecule has 0 bridgehead atoms. The molecule has 140 valence electrons. The van der Waals surface area contributed by atoms with Crippen LogP contribution in [-0.4, -0.2) is 18.1 Å². The Morgan fingerprint density at radius 2 is 1.93 bits per heavy atom. The molecule has 1 aromatic heterocycles. The van der Waals surface area contributed by atoms with Gasteiger partial charge in [-0.1, -0.05) is 17.9 Å². The molecule has 3 rings (SSSR count). The van der Waals surface area contributed by atoms with Crippen molar-refractivity contribution in [3.63, 3.8) is 0 Å². The number of fused-ring (bicyclic) bond motifs is 1. The molecule has 3 aromatic rings. The van der Waals surface area contributed by atoms with Crippen molar-refractivity contribution in [2.75, 3.05) is 18.0 Å². The van der Waals surface area contributed by atoms with Crippen LogP contribution in [0.5, 0.6) is 0 Å². The maximum Gasteiger partial charge on any atom is 0.231 e. The predicted octanol–water partition coefficient (Wildman–Crippen LogP) is 6.66. The van der Waals surface area contributed by atoms with Crippen LogP contribution in [0.15, 0.2) is 70.4 Å². The second-order valence-electron chi connectivity index (χ2n) is 5.43. The molecule has 0 atom stereocenters. The van der Waals surface area contributed by atoms with Gasteiger partial charge in [-0.05, 0) is 56.3 Å². The van der Waals surface area contributed by atoms with Gasteiger partial charge in [0, 0.05) is 23.7 Å². The quantitative estimate of drug-likeness (QED) is 0.100. The van der Waals surface area contributed by atoms with Gasteiger partial charge >= 0.3 is 0 Å². The van der Waals surface area contributed by atoms with Crippen molar-refractivity contribution in [2.45, 2.75) is 18.7 Å². The van der Waals surface area contributed by atoms with Gasteiger partial charge in [0.2, 0.25) is 5.13 Å². The zero-order valence-corrected chi connectivity index (χ0v) is 16.8. The van der Waals surface area contributed by atoms with Crippen molar-refractivity contribution < 1.29 is 9.22 Å². The highest BCUT2D eigenvalue weighted by Gasteiger charge is 2.06. The van der Waals surface area contributed by atoms with E-state index in [1.165, 1.54) is 23.3 Å². The number of hydrogen-bond donors (Lipinski definition) is 0. The Labute approximate surface area is 166 Å². The number of hydrogen-bond acceptors (Lipinski definition) is 8. The summed E-state index contributed by atoms with van der Waals surface area (Å²) < 4.78 is 5.92. The molecule has 0 N–H and O–H groups in total. The van der Waals surface area contributed by atoms with Crippen molar-refractivity contribution in [1.29, 1.82) is 0 Å². The Morgan fingerprint density at radius 3 is 2.63 bits per heavy atom. The Bertz CT molecular complexity index is 921. The van der Waals surface area contributed by atoms with Gasteiger partial charge in [-0.3, -0.25) is 0 Å². The summed E-state index contributed by atoms with van der Waals surface area (Å²) in [5.41, 5.74) is 2.86. The van der Waals surface area contributed by atoms with Crippen LogP contribution < -0.4 is 4.90 Å². The molecular formula is C19H20N4O2S2. The third kappa shape index (κ3) is 5.06. The van der Waals surface area contributed by atoms with E-state index >= 15 is 0 Å². The molecule has 8 heteroatoms. The van der Waals surface area contributed by atoms with Gasteiger partial charge < -0.3 is 9.79 Å². The lowest BCUT2D eigenvalue weighted by Crippen LogP contribution is -2.21. The topological polar surface area (TPSA) is 59.3 Å². The maximum absolute atomic E-state index is 4.91. The first-order valence-electron chi connectivity index (χ1n) is 8.51. The normalized spacial score (nSPS) is 11.2. The summed E-state index contributed by atoms with van der Waals surface area (Å²) in [7, 11) is 0. The van der Waals surface area contributed by atoms with Crippen molar-refractivity contribution >= 4 is 50.1 Å². The number of nitrogens with zero attached hydrogens (tertiary/aromatic N) is 4. The highest BCUT2D eigenvalue weighted by Crippen LogP contribution is 2.33. The summed E-state index contributed by atoms with van der Waals surface area (Å²) in [6.45, 7) is 9.67. The number of thiazole rings is 1. The van der Waals surface area contributed by atoms with E-state index in [0.29, 0.717) is 5.13 Å². The van der Waals surface area contributed by atoms with Gasteiger partial charge in [-0.2, -0.15) is 0 Å². The van der Waals surface area contributed by atoms with Crippen LogP contribution in [0.25, 0.3) is 10.2 Å². The van der Waals surface area contributed by atoms with E-state index in [2.05, 4.69) is 57.6 Å². The minimum atomic E-state index is 0.614. The van der Waals surface area contributed by atoms with Crippen LogP contribution in [0.2, 0.25) is 0 Å².